The average molecular weight is 421 g/mol. The molecule has 8 heteroatoms. The SMILES string of the molecule is Cc1cc(C)c2[nH]c(=O)c(CN(Cc3ccco3)Cc3nnnn3C(C)(C)C)cc2c1. The van der Waals surface area contributed by atoms with Crippen molar-refractivity contribution in [2.75, 3.05) is 0 Å². The molecule has 0 aliphatic heterocycles. The number of hydrogen-bond acceptors (Lipinski definition) is 6. The molecule has 0 unspecified atom stereocenters. The van der Waals surface area contributed by atoms with E-state index in [1.54, 1.807) is 6.26 Å². The van der Waals surface area contributed by atoms with Gasteiger partial charge in [-0.1, -0.05) is 11.6 Å². The molecule has 162 valence electrons. The molecular formula is C23H28N6O2. The molecule has 0 spiro atoms. The topological polar surface area (TPSA) is 92.8 Å². The number of tetrazole rings is 1. The van der Waals surface area contributed by atoms with E-state index in [1.165, 1.54) is 5.56 Å². The lowest BCUT2D eigenvalue weighted by Crippen LogP contribution is -2.31. The van der Waals surface area contributed by atoms with Crippen LogP contribution >= 0.6 is 0 Å². The minimum Gasteiger partial charge on any atom is -0.468 e. The van der Waals surface area contributed by atoms with Crippen LogP contribution in [0.5, 0.6) is 0 Å². The Kier molecular flexibility index (Phi) is 5.49. The Morgan fingerprint density at radius 3 is 2.65 bits per heavy atom. The maximum atomic E-state index is 12.9. The summed E-state index contributed by atoms with van der Waals surface area (Å²) in [6.07, 6.45) is 1.65. The number of pyridine rings is 1. The van der Waals surface area contributed by atoms with Crippen molar-refractivity contribution in [3.63, 3.8) is 0 Å². The molecule has 0 amide bonds. The first-order valence-electron chi connectivity index (χ1n) is 10.4. The van der Waals surface area contributed by atoms with Crippen molar-refractivity contribution in [3.8, 4) is 0 Å². The van der Waals surface area contributed by atoms with Gasteiger partial charge in [0, 0.05) is 12.1 Å². The molecule has 8 nitrogen and oxygen atoms in total. The minimum atomic E-state index is -0.245. The number of rotatable bonds is 6. The van der Waals surface area contributed by atoms with Gasteiger partial charge < -0.3 is 9.40 Å². The Labute approximate surface area is 180 Å². The largest absolute Gasteiger partial charge is 0.468 e. The van der Waals surface area contributed by atoms with Gasteiger partial charge in [-0.25, -0.2) is 4.68 Å². The van der Waals surface area contributed by atoms with Crippen LogP contribution in [0.15, 0.2) is 45.8 Å². The number of hydrogen-bond donors (Lipinski definition) is 1. The molecular weight excluding hydrogens is 392 g/mol. The van der Waals surface area contributed by atoms with E-state index in [0.717, 1.165) is 28.1 Å². The van der Waals surface area contributed by atoms with Gasteiger partial charge in [0.25, 0.3) is 5.56 Å². The molecule has 1 aromatic carbocycles. The minimum absolute atomic E-state index is 0.0840. The van der Waals surface area contributed by atoms with Crippen LogP contribution < -0.4 is 5.56 Å². The number of aromatic nitrogens is 5. The van der Waals surface area contributed by atoms with E-state index in [0.29, 0.717) is 25.2 Å². The number of aryl methyl sites for hydroxylation is 2. The van der Waals surface area contributed by atoms with Crippen molar-refractivity contribution < 1.29 is 4.42 Å². The Hall–Kier alpha value is -3.26. The first-order chi connectivity index (χ1) is 14.7. The zero-order chi connectivity index (χ0) is 22.2. The highest BCUT2D eigenvalue weighted by Crippen LogP contribution is 2.20. The quantitative estimate of drug-likeness (QED) is 0.511. The fourth-order valence-corrected chi connectivity index (χ4v) is 3.91. The molecule has 0 fully saturated rings. The Morgan fingerprint density at radius 2 is 1.94 bits per heavy atom. The van der Waals surface area contributed by atoms with Crippen LogP contribution in [-0.4, -0.2) is 30.1 Å². The summed E-state index contributed by atoms with van der Waals surface area (Å²) in [6, 6.07) is 9.94. The molecule has 4 rings (SSSR count). The fraction of sp³-hybridized carbons (Fsp3) is 0.391. The van der Waals surface area contributed by atoms with Crippen LogP contribution in [0.25, 0.3) is 10.9 Å². The number of furan rings is 1. The Morgan fingerprint density at radius 1 is 1.13 bits per heavy atom. The molecule has 0 aliphatic carbocycles. The number of nitrogens with one attached hydrogen (secondary N) is 1. The van der Waals surface area contributed by atoms with Crippen LogP contribution in [-0.2, 0) is 25.2 Å². The number of aromatic amines is 1. The van der Waals surface area contributed by atoms with Crippen molar-refractivity contribution in [2.24, 2.45) is 0 Å². The summed E-state index contributed by atoms with van der Waals surface area (Å²) in [7, 11) is 0. The highest BCUT2D eigenvalue weighted by Gasteiger charge is 2.22. The molecule has 3 aromatic heterocycles. The van der Waals surface area contributed by atoms with Crippen molar-refractivity contribution in [2.45, 2.75) is 59.8 Å². The third-order valence-corrected chi connectivity index (χ3v) is 5.26. The predicted octanol–water partition coefficient (Wildman–Crippen LogP) is 3.68. The monoisotopic (exact) mass is 420 g/mol. The van der Waals surface area contributed by atoms with Gasteiger partial charge in [0.05, 0.1) is 30.4 Å². The van der Waals surface area contributed by atoms with Gasteiger partial charge in [-0.2, -0.15) is 0 Å². The van der Waals surface area contributed by atoms with Crippen molar-refractivity contribution in [3.05, 3.63) is 75.2 Å². The fourth-order valence-electron chi connectivity index (χ4n) is 3.91. The van der Waals surface area contributed by atoms with E-state index in [9.17, 15) is 4.79 Å². The second-order valence-corrected chi connectivity index (χ2v) is 9.07. The van der Waals surface area contributed by atoms with Crippen molar-refractivity contribution >= 4 is 10.9 Å². The van der Waals surface area contributed by atoms with Gasteiger partial charge in [-0.05, 0) is 80.3 Å². The van der Waals surface area contributed by atoms with Crippen LogP contribution in [0.3, 0.4) is 0 Å². The van der Waals surface area contributed by atoms with Crippen LogP contribution in [0.4, 0.5) is 0 Å². The molecule has 31 heavy (non-hydrogen) atoms. The first-order valence-corrected chi connectivity index (χ1v) is 10.4. The van der Waals surface area contributed by atoms with E-state index in [1.807, 2.05) is 29.8 Å². The normalized spacial score (nSPS) is 12.2. The van der Waals surface area contributed by atoms with Crippen LogP contribution in [0.1, 0.15) is 49.0 Å². The summed E-state index contributed by atoms with van der Waals surface area (Å²) in [6.45, 7) is 11.7. The lowest BCUT2D eigenvalue weighted by Gasteiger charge is -2.24. The highest BCUT2D eigenvalue weighted by atomic mass is 16.3. The molecule has 0 radical (unpaired) electrons. The van der Waals surface area contributed by atoms with Gasteiger partial charge in [0.15, 0.2) is 5.82 Å². The Balaban J connectivity index is 1.69. The summed E-state index contributed by atoms with van der Waals surface area (Å²) >= 11 is 0. The zero-order valence-corrected chi connectivity index (χ0v) is 18.6. The molecule has 0 aliphatic rings. The van der Waals surface area contributed by atoms with E-state index in [4.69, 9.17) is 4.42 Å². The zero-order valence-electron chi connectivity index (χ0n) is 18.6. The number of nitrogens with zero attached hydrogens (tertiary/aromatic N) is 5. The summed E-state index contributed by atoms with van der Waals surface area (Å²) < 4.78 is 7.38. The van der Waals surface area contributed by atoms with Crippen LogP contribution in [0.2, 0.25) is 0 Å². The summed E-state index contributed by atoms with van der Waals surface area (Å²) in [5.74, 6) is 1.56. The average Bonchev–Trinajstić information content (AvgIpc) is 3.34. The third-order valence-electron chi connectivity index (χ3n) is 5.26. The number of benzene rings is 1. The third kappa shape index (κ3) is 4.59. The first kappa shape index (κ1) is 21.0. The van der Waals surface area contributed by atoms with E-state index < -0.39 is 0 Å². The number of fused-ring (bicyclic) bond motifs is 1. The molecule has 0 atom stereocenters. The lowest BCUT2D eigenvalue weighted by atomic mass is 10.1. The van der Waals surface area contributed by atoms with Gasteiger partial charge in [0.2, 0.25) is 0 Å². The number of H-pyrrole nitrogens is 1. The van der Waals surface area contributed by atoms with Crippen molar-refractivity contribution in [1.29, 1.82) is 0 Å². The van der Waals surface area contributed by atoms with Gasteiger partial charge in [-0.3, -0.25) is 9.69 Å². The molecule has 1 N–H and O–H groups in total. The molecule has 0 saturated carbocycles. The van der Waals surface area contributed by atoms with Gasteiger partial charge in [0.1, 0.15) is 5.76 Å². The highest BCUT2D eigenvalue weighted by molar-refractivity contribution is 5.82. The molecule has 3 heterocycles. The summed E-state index contributed by atoms with van der Waals surface area (Å²) in [5, 5.41) is 13.3. The molecule has 4 aromatic rings. The van der Waals surface area contributed by atoms with Crippen molar-refractivity contribution in [1.82, 2.24) is 30.1 Å². The van der Waals surface area contributed by atoms with Gasteiger partial charge >= 0.3 is 0 Å². The second-order valence-electron chi connectivity index (χ2n) is 9.07. The smallest absolute Gasteiger partial charge is 0.252 e. The maximum Gasteiger partial charge on any atom is 0.252 e. The Bertz CT molecular complexity index is 1250. The molecule has 0 bridgehead atoms. The van der Waals surface area contributed by atoms with E-state index in [2.05, 4.69) is 65.2 Å². The van der Waals surface area contributed by atoms with Crippen LogP contribution in [0, 0.1) is 13.8 Å². The lowest BCUT2D eigenvalue weighted by molar-refractivity contribution is 0.207. The second kappa shape index (κ2) is 8.11. The standard InChI is InChI=1S/C23H28N6O2/c1-15-9-16(2)21-17(10-15)11-18(22(30)24-21)12-28(13-19-7-6-8-31-19)14-20-25-26-27-29(20)23(3,4)5/h6-11H,12-14H2,1-5H3,(H,24,30). The van der Waals surface area contributed by atoms with E-state index in [-0.39, 0.29) is 11.1 Å². The van der Waals surface area contributed by atoms with Gasteiger partial charge in [-0.15, -0.1) is 5.10 Å². The predicted molar refractivity (Wildman–Crippen MR) is 119 cm³/mol. The molecule has 0 saturated heterocycles. The summed E-state index contributed by atoms with van der Waals surface area (Å²) in [4.78, 5) is 18.1. The maximum absolute atomic E-state index is 12.9. The summed E-state index contributed by atoms with van der Waals surface area (Å²) in [5.41, 5.74) is 3.48. The van der Waals surface area contributed by atoms with E-state index >= 15 is 0 Å².